The summed E-state index contributed by atoms with van der Waals surface area (Å²) in [6.45, 7) is -14.9. The van der Waals surface area contributed by atoms with Gasteiger partial charge in [-0.15, -0.1) is 0 Å². The van der Waals surface area contributed by atoms with Crippen LogP contribution in [0.3, 0.4) is 0 Å². The van der Waals surface area contributed by atoms with Crippen molar-refractivity contribution in [2.75, 3.05) is 13.1 Å². The Balaban J connectivity index is 3.15. The summed E-state index contributed by atoms with van der Waals surface area (Å²) in [7, 11) is 0. The molecule has 0 unspecified atom stereocenters. The summed E-state index contributed by atoms with van der Waals surface area (Å²) < 4.78 is 142. The number of carbonyl (C=O) groups excluding carboxylic acids is 2. The second kappa shape index (κ2) is 9.13. The van der Waals surface area contributed by atoms with Crippen molar-refractivity contribution in [3.63, 3.8) is 0 Å². The van der Waals surface area contributed by atoms with Crippen molar-refractivity contribution in [1.29, 1.82) is 0 Å². The lowest BCUT2D eigenvalue weighted by Crippen LogP contribution is -2.09. The molecule has 0 aromatic heterocycles. The molecule has 0 radical (unpaired) electrons. The van der Waals surface area contributed by atoms with E-state index in [1.54, 1.807) is 0 Å². The molecule has 1 aromatic rings. The summed E-state index contributed by atoms with van der Waals surface area (Å²) in [5.74, 6) is -3.23. The molecule has 0 aliphatic rings. The Kier molecular flexibility index (Phi) is 1.87. The van der Waals surface area contributed by atoms with E-state index >= 15 is 0 Å². The molecule has 4 heteroatoms. The summed E-state index contributed by atoms with van der Waals surface area (Å²) in [5.41, 5.74) is -1.12. The van der Waals surface area contributed by atoms with Crippen molar-refractivity contribution in [2.24, 2.45) is 0 Å². The predicted octanol–water partition coefficient (Wildman–Crippen LogP) is 3.60. The van der Waals surface area contributed by atoms with E-state index in [2.05, 4.69) is 9.47 Å². The Morgan fingerprint density at radius 3 is 1.70 bits per heavy atom. The number of rotatable bonds is 8. The Morgan fingerprint density at radius 1 is 0.950 bits per heavy atom. The van der Waals surface area contributed by atoms with E-state index in [1.807, 2.05) is 0 Å². The van der Waals surface area contributed by atoms with Crippen LogP contribution in [0.5, 0.6) is 0 Å². The van der Waals surface area contributed by atoms with Crippen LogP contribution in [-0.4, -0.2) is 25.1 Å². The van der Waals surface area contributed by atoms with Crippen LogP contribution in [0.25, 0.3) is 0 Å². The molecule has 0 spiro atoms. The molecule has 110 valence electrons. The van der Waals surface area contributed by atoms with Gasteiger partial charge in [0.1, 0.15) is 0 Å². The van der Waals surface area contributed by atoms with Crippen LogP contribution in [0.4, 0.5) is 0 Å². The van der Waals surface area contributed by atoms with Crippen LogP contribution >= 0.6 is 0 Å². The average Bonchev–Trinajstić information content (AvgIpc) is 2.70. The minimum atomic E-state index is -3.87. The number of ether oxygens (including phenoxy) is 2. The van der Waals surface area contributed by atoms with Crippen molar-refractivity contribution in [3.05, 3.63) is 35.4 Å². The number of esters is 2. The zero-order valence-electron chi connectivity index (χ0n) is 27.9. The fraction of sp³-hybridized carbons (Fsp3) is 0.500. The standard InChI is InChI=1S/C16H22O4/c1-3-5-11-19-15(17)13-7-9-14(10-8-13)16(18)20-12-6-4-2/h7-10H,3-6,11-12H2,1-2H3/i1D3,2D3,3D2,4D2,5D2,6D2,11D2,12D2. The third-order valence-corrected chi connectivity index (χ3v) is 1.87. The number of carbonyl (C=O) groups is 2. The van der Waals surface area contributed by atoms with Gasteiger partial charge in [-0.25, -0.2) is 9.59 Å². The first kappa shape index (κ1) is 4.09. The maximum atomic E-state index is 12.3. The second-order valence-corrected chi connectivity index (χ2v) is 3.06. The number of hydrogen-bond acceptors (Lipinski definition) is 4. The predicted molar refractivity (Wildman–Crippen MR) is 76.8 cm³/mol. The van der Waals surface area contributed by atoms with Gasteiger partial charge in [-0.3, -0.25) is 0 Å². The molecule has 1 rings (SSSR count). The Hall–Kier alpha value is -1.84. The molecule has 0 heterocycles. The van der Waals surface area contributed by atoms with E-state index in [0.29, 0.717) is 0 Å². The molecule has 0 amide bonds. The van der Waals surface area contributed by atoms with Gasteiger partial charge in [0.05, 0.1) is 29.7 Å². The van der Waals surface area contributed by atoms with Gasteiger partial charge in [0, 0.05) is 19.2 Å². The molecule has 0 bridgehead atoms. The fourth-order valence-electron chi connectivity index (χ4n) is 1.06. The van der Waals surface area contributed by atoms with Crippen molar-refractivity contribution in [1.82, 2.24) is 0 Å². The number of hydrogen-bond donors (Lipinski definition) is 0. The van der Waals surface area contributed by atoms with Gasteiger partial charge in [-0.2, -0.15) is 0 Å². The second-order valence-electron chi connectivity index (χ2n) is 3.06. The third-order valence-electron chi connectivity index (χ3n) is 1.87. The van der Waals surface area contributed by atoms with Gasteiger partial charge < -0.3 is 9.47 Å². The Morgan fingerprint density at radius 2 is 1.35 bits per heavy atom. The van der Waals surface area contributed by atoms with Crippen LogP contribution in [0, 0.1) is 0 Å². The van der Waals surface area contributed by atoms with Crippen LogP contribution in [0.15, 0.2) is 24.3 Å². The molecule has 0 saturated heterocycles. The van der Waals surface area contributed by atoms with Crippen LogP contribution in [-0.2, 0) is 9.47 Å². The highest BCUT2D eigenvalue weighted by molar-refractivity contribution is 5.93. The lowest BCUT2D eigenvalue weighted by atomic mass is 10.1. The Labute approximate surface area is 145 Å². The smallest absolute Gasteiger partial charge is 0.338 e. The van der Waals surface area contributed by atoms with Crippen molar-refractivity contribution < 1.29 is 43.7 Å². The molecule has 0 saturated carbocycles. The van der Waals surface area contributed by atoms with Crippen LogP contribution < -0.4 is 0 Å². The first-order valence-electron chi connectivity index (χ1n) is 14.0. The summed E-state index contributed by atoms with van der Waals surface area (Å²) in [4.78, 5) is 24.6. The van der Waals surface area contributed by atoms with E-state index in [9.17, 15) is 9.59 Å². The fourth-order valence-corrected chi connectivity index (χ4v) is 1.06. The molecule has 4 nitrogen and oxygen atoms in total. The minimum absolute atomic E-state index is 0.562. The lowest BCUT2D eigenvalue weighted by molar-refractivity contribution is 0.0485. The molecule has 0 aliphatic carbocycles. The average molecular weight is 296 g/mol. The summed E-state index contributed by atoms with van der Waals surface area (Å²) in [6, 6.07) is 3.09. The summed E-state index contributed by atoms with van der Waals surface area (Å²) >= 11 is 0. The molecule has 0 aliphatic heterocycles. The summed E-state index contributed by atoms with van der Waals surface area (Å²) in [6.07, 6.45) is -15.3. The van der Waals surface area contributed by atoms with Gasteiger partial charge in [0.2, 0.25) is 0 Å². The van der Waals surface area contributed by atoms with Crippen molar-refractivity contribution in [2.45, 2.75) is 39.2 Å². The van der Waals surface area contributed by atoms with Crippen LogP contribution in [0.1, 0.15) is 84.6 Å². The minimum Gasteiger partial charge on any atom is -0.462 e. The lowest BCUT2D eigenvalue weighted by Gasteiger charge is -2.06. The van der Waals surface area contributed by atoms with Crippen LogP contribution in [0.2, 0.25) is 0 Å². The van der Waals surface area contributed by atoms with Gasteiger partial charge in [0.15, 0.2) is 0 Å². The SMILES string of the molecule is [2H]C([2H])([2H])C([2H])([2H])C([2H])([2H])C([2H])([2H])OC(=O)c1ccc(C(=O)OC([2H])([2H])C([2H])([2H])C([2H])([2H])C([2H])([2H])[2H])cc1. The van der Waals surface area contributed by atoms with Gasteiger partial charge in [0.25, 0.3) is 0 Å². The quantitative estimate of drug-likeness (QED) is 0.688. The highest BCUT2D eigenvalue weighted by atomic mass is 16.5. The van der Waals surface area contributed by atoms with Gasteiger partial charge in [-0.05, 0) is 37.0 Å². The Bertz CT molecular complexity index is 955. The van der Waals surface area contributed by atoms with E-state index in [0.717, 1.165) is 24.3 Å². The molecule has 20 heavy (non-hydrogen) atoms. The molecular formula is C16H22O4. The molecule has 1 aromatic carbocycles. The van der Waals surface area contributed by atoms with E-state index in [-0.39, 0.29) is 0 Å². The van der Waals surface area contributed by atoms with E-state index in [1.165, 1.54) is 0 Å². The molecule has 0 N–H and O–H groups in total. The summed E-state index contributed by atoms with van der Waals surface area (Å²) in [5, 5.41) is 0. The zero-order valence-corrected chi connectivity index (χ0v) is 9.94. The van der Waals surface area contributed by atoms with E-state index in [4.69, 9.17) is 24.7 Å². The highest BCUT2D eigenvalue weighted by Gasteiger charge is 2.10. The first-order valence-corrected chi connectivity index (χ1v) is 5.05. The maximum absolute atomic E-state index is 12.3. The number of benzene rings is 1. The van der Waals surface area contributed by atoms with Gasteiger partial charge >= 0.3 is 11.9 Å². The van der Waals surface area contributed by atoms with Gasteiger partial charge in [-0.1, -0.05) is 26.4 Å². The van der Waals surface area contributed by atoms with E-state index < -0.39 is 75.4 Å². The normalized spacial score (nSPS) is 29.0. The molecule has 0 atom stereocenters. The zero-order chi connectivity index (χ0) is 30.6. The molecule has 0 fully saturated rings. The largest absolute Gasteiger partial charge is 0.462 e. The van der Waals surface area contributed by atoms with Crippen molar-refractivity contribution in [3.8, 4) is 0 Å². The third kappa shape index (κ3) is 5.43. The first-order chi connectivity index (χ1) is 16.5. The monoisotopic (exact) mass is 296 g/mol. The topological polar surface area (TPSA) is 52.6 Å². The molecular weight excluding hydrogens is 256 g/mol. The maximum Gasteiger partial charge on any atom is 0.338 e. The highest BCUT2D eigenvalue weighted by Crippen LogP contribution is 2.08. The van der Waals surface area contributed by atoms with Crippen molar-refractivity contribution >= 4 is 11.9 Å².